The van der Waals surface area contributed by atoms with Crippen LogP contribution in [0.4, 0.5) is 5.69 Å². The summed E-state index contributed by atoms with van der Waals surface area (Å²) >= 11 is 0. The fraction of sp³-hybridized carbons (Fsp3) is 0.500. The van der Waals surface area contributed by atoms with Gasteiger partial charge in [0.05, 0.1) is 5.69 Å². The van der Waals surface area contributed by atoms with E-state index in [1.54, 1.807) is 0 Å². The number of hydrogen-bond acceptors (Lipinski definition) is 3. The van der Waals surface area contributed by atoms with Gasteiger partial charge in [-0.2, -0.15) is 0 Å². The van der Waals surface area contributed by atoms with Crippen molar-refractivity contribution in [1.29, 1.82) is 0 Å². The van der Waals surface area contributed by atoms with E-state index in [1.165, 1.54) is 12.0 Å². The molecule has 1 heterocycles. The number of hydrogen-bond donors (Lipinski definition) is 2. The van der Waals surface area contributed by atoms with Crippen molar-refractivity contribution in [3.05, 3.63) is 23.8 Å². The lowest BCUT2D eigenvalue weighted by Gasteiger charge is -2.22. The third kappa shape index (κ3) is 2.23. The van der Waals surface area contributed by atoms with Crippen LogP contribution in [0.5, 0.6) is 5.75 Å². The first kappa shape index (κ1) is 10.3. The number of anilines is 1. The molecule has 82 valence electrons. The molecule has 0 fully saturated rings. The summed E-state index contributed by atoms with van der Waals surface area (Å²) in [6.07, 6.45) is 2.40. The Morgan fingerprint density at radius 1 is 1.53 bits per heavy atom. The molecule has 1 aliphatic rings. The fourth-order valence-electron chi connectivity index (χ4n) is 1.84. The van der Waals surface area contributed by atoms with Crippen LogP contribution >= 0.6 is 0 Å². The molecule has 15 heavy (non-hydrogen) atoms. The van der Waals surface area contributed by atoms with E-state index in [2.05, 4.69) is 11.4 Å². The maximum absolute atomic E-state index is 5.77. The number of nitrogens with one attached hydrogen (secondary N) is 1. The second kappa shape index (κ2) is 4.53. The maximum Gasteiger partial charge on any atom is 0.143 e. The van der Waals surface area contributed by atoms with Gasteiger partial charge in [-0.1, -0.05) is 12.1 Å². The van der Waals surface area contributed by atoms with Crippen LogP contribution in [0, 0.1) is 0 Å². The van der Waals surface area contributed by atoms with Gasteiger partial charge in [-0.05, 0) is 31.4 Å². The molecule has 3 heteroatoms. The van der Waals surface area contributed by atoms with Crippen LogP contribution in [0.3, 0.4) is 0 Å². The van der Waals surface area contributed by atoms with Gasteiger partial charge < -0.3 is 15.8 Å². The lowest BCUT2D eigenvalue weighted by Crippen LogP contribution is -2.24. The smallest absolute Gasteiger partial charge is 0.143 e. The average Bonchev–Trinajstić information content (AvgIpc) is 2.29. The maximum atomic E-state index is 5.77. The van der Waals surface area contributed by atoms with Crippen LogP contribution in [-0.4, -0.2) is 19.2 Å². The van der Waals surface area contributed by atoms with E-state index >= 15 is 0 Å². The van der Waals surface area contributed by atoms with Crippen molar-refractivity contribution in [2.75, 3.05) is 18.4 Å². The molecule has 2 rings (SSSR count). The summed E-state index contributed by atoms with van der Waals surface area (Å²) in [6, 6.07) is 6.20. The number of fused-ring (bicyclic) bond motifs is 1. The molecule has 3 N–H and O–H groups in total. The SMILES string of the molecule is CC(CN)Oc1cccc2c1NCCC2. The molecule has 1 unspecified atom stereocenters. The first-order valence-electron chi connectivity index (χ1n) is 5.53. The highest BCUT2D eigenvalue weighted by Gasteiger charge is 2.14. The van der Waals surface area contributed by atoms with Crippen molar-refractivity contribution >= 4 is 5.69 Å². The average molecular weight is 206 g/mol. The second-order valence-electron chi connectivity index (χ2n) is 3.98. The van der Waals surface area contributed by atoms with Crippen LogP contribution in [0.2, 0.25) is 0 Å². The largest absolute Gasteiger partial charge is 0.487 e. The minimum atomic E-state index is 0.0697. The van der Waals surface area contributed by atoms with Crippen molar-refractivity contribution in [3.8, 4) is 5.75 Å². The van der Waals surface area contributed by atoms with Gasteiger partial charge in [-0.15, -0.1) is 0 Å². The molecular weight excluding hydrogens is 188 g/mol. The Kier molecular flexibility index (Phi) is 3.11. The monoisotopic (exact) mass is 206 g/mol. The summed E-state index contributed by atoms with van der Waals surface area (Å²) in [5.74, 6) is 0.935. The molecule has 1 atom stereocenters. The van der Waals surface area contributed by atoms with Gasteiger partial charge >= 0.3 is 0 Å². The van der Waals surface area contributed by atoms with Gasteiger partial charge in [-0.3, -0.25) is 0 Å². The van der Waals surface area contributed by atoms with Crippen LogP contribution in [0.15, 0.2) is 18.2 Å². The van der Waals surface area contributed by atoms with Crippen molar-refractivity contribution in [2.45, 2.75) is 25.9 Å². The normalized spacial score (nSPS) is 16.4. The summed E-state index contributed by atoms with van der Waals surface area (Å²) in [5, 5.41) is 3.39. The van der Waals surface area contributed by atoms with Crippen molar-refractivity contribution in [1.82, 2.24) is 0 Å². The Bertz CT molecular complexity index is 338. The third-order valence-electron chi connectivity index (χ3n) is 2.70. The van der Waals surface area contributed by atoms with Crippen LogP contribution in [0.1, 0.15) is 18.9 Å². The quantitative estimate of drug-likeness (QED) is 0.792. The van der Waals surface area contributed by atoms with E-state index < -0.39 is 0 Å². The standard InChI is InChI=1S/C12H18N2O/c1-9(8-13)15-11-6-2-4-10-5-3-7-14-12(10)11/h2,4,6,9,14H,3,5,7-8,13H2,1H3. The van der Waals surface area contributed by atoms with Crippen LogP contribution in [0.25, 0.3) is 0 Å². The molecule has 0 aliphatic carbocycles. The number of ether oxygens (including phenoxy) is 1. The first-order chi connectivity index (χ1) is 7.31. The topological polar surface area (TPSA) is 47.3 Å². The molecular formula is C12H18N2O. The van der Waals surface area contributed by atoms with Crippen molar-refractivity contribution < 1.29 is 4.74 Å². The number of aryl methyl sites for hydroxylation is 1. The van der Waals surface area contributed by atoms with Gasteiger partial charge in [0.1, 0.15) is 11.9 Å². The van der Waals surface area contributed by atoms with Crippen LogP contribution < -0.4 is 15.8 Å². The zero-order valence-corrected chi connectivity index (χ0v) is 9.12. The molecule has 0 saturated heterocycles. The van der Waals surface area contributed by atoms with E-state index in [9.17, 15) is 0 Å². The Morgan fingerprint density at radius 2 is 2.40 bits per heavy atom. The van der Waals surface area contributed by atoms with Gasteiger partial charge in [0, 0.05) is 13.1 Å². The van der Waals surface area contributed by atoms with E-state index in [0.717, 1.165) is 24.4 Å². The predicted octanol–water partition coefficient (Wildman–Crippen LogP) is 1.77. The van der Waals surface area contributed by atoms with Gasteiger partial charge in [0.25, 0.3) is 0 Å². The fourth-order valence-corrected chi connectivity index (χ4v) is 1.84. The van der Waals surface area contributed by atoms with Crippen molar-refractivity contribution in [2.24, 2.45) is 5.73 Å². The Morgan fingerprint density at radius 3 is 3.20 bits per heavy atom. The Hall–Kier alpha value is -1.22. The van der Waals surface area contributed by atoms with E-state index in [0.29, 0.717) is 6.54 Å². The summed E-state index contributed by atoms with van der Waals surface area (Å²) in [6.45, 7) is 3.57. The van der Waals surface area contributed by atoms with Gasteiger partial charge in [0.15, 0.2) is 0 Å². The second-order valence-corrected chi connectivity index (χ2v) is 3.98. The van der Waals surface area contributed by atoms with Crippen molar-refractivity contribution in [3.63, 3.8) is 0 Å². The molecule has 0 radical (unpaired) electrons. The summed E-state index contributed by atoms with van der Waals surface area (Å²) in [4.78, 5) is 0. The van der Waals surface area contributed by atoms with Gasteiger partial charge in [-0.25, -0.2) is 0 Å². The Balaban J connectivity index is 2.23. The molecule has 0 amide bonds. The number of rotatable bonds is 3. The Labute approximate surface area is 90.6 Å². The minimum absolute atomic E-state index is 0.0697. The molecule has 0 spiro atoms. The summed E-state index contributed by atoms with van der Waals surface area (Å²) in [5.41, 5.74) is 8.06. The highest BCUT2D eigenvalue weighted by Crippen LogP contribution is 2.32. The number of nitrogens with two attached hydrogens (primary N) is 1. The summed E-state index contributed by atoms with van der Waals surface area (Å²) in [7, 11) is 0. The highest BCUT2D eigenvalue weighted by molar-refractivity contribution is 5.63. The lowest BCUT2D eigenvalue weighted by molar-refractivity contribution is 0.231. The molecule has 0 saturated carbocycles. The first-order valence-corrected chi connectivity index (χ1v) is 5.53. The molecule has 0 bridgehead atoms. The zero-order valence-electron chi connectivity index (χ0n) is 9.12. The van der Waals surface area contributed by atoms with Gasteiger partial charge in [0.2, 0.25) is 0 Å². The minimum Gasteiger partial charge on any atom is -0.487 e. The predicted molar refractivity (Wildman–Crippen MR) is 62.4 cm³/mol. The van der Waals surface area contributed by atoms with E-state index in [4.69, 9.17) is 10.5 Å². The molecule has 1 aliphatic heterocycles. The van der Waals surface area contributed by atoms with E-state index in [-0.39, 0.29) is 6.10 Å². The third-order valence-corrected chi connectivity index (χ3v) is 2.70. The number of benzene rings is 1. The zero-order chi connectivity index (χ0) is 10.7. The van der Waals surface area contributed by atoms with E-state index in [1.807, 2.05) is 19.1 Å². The molecule has 3 nitrogen and oxygen atoms in total. The lowest BCUT2D eigenvalue weighted by atomic mass is 10.0. The van der Waals surface area contributed by atoms with Crippen LogP contribution in [-0.2, 0) is 6.42 Å². The molecule has 1 aromatic rings. The highest BCUT2D eigenvalue weighted by atomic mass is 16.5. The number of para-hydroxylation sites is 1. The molecule has 1 aromatic carbocycles. The molecule has 0 aromatic heterocycles. The summed E-state index contributed by atoms with van der Waals surface area (Å²) < 4.78 is 5.77.